The number of nitrogens with zero attached hydrogens (tertiary/aromatic N) is 1. The average molecular weight is 295 g/mol. The van der Waals surface area contributed by atoms with Crippen molar-refractivity contribution < 1.29 is 9.47 Å². The maximum atomic E-state index is 12.5. The average Bonchev–Trinajstić information content (AvgIpc) is 2.56. The fourth-order valence-electron chi connectivity index (χ4n) is 2.54. The van der Waals surface area contributed by atoms with E-state index in [1.807, 2.05) is 54.6 Å². The topological polar surface area (TPSA) is 40.5 Å². The molecule has 3 rings (SSSR count). The van der Waals surface area contributed by atoms with Crippen molar-refractivity contribution in [1.82, 2.24) is 4.57 Å². The van der Waals surface area contributed by atoms with E-state index in [-0.39, 0.29) is 12.4 Å². The van der Waals surface area contributed by atoms with Gasteiger partial charge in [-0.2, -0.15) is 0 Å². The number of aromatic nitrogens is 1. The third-order valence-corrected chi connectivity index (χ3v) is 3.64. The molecular formula is C18H17NO3. The molecule has 0 atom stereocenters. The smallest absolute Gasteiger partial charge is 0.258 e. The summed E-state index contributed by atoms with van der Waals surface area (Å²) in [6.45, 7) is 0.165. The number of pyridine rings is 1. The van der Waals surface area contributed by atoms with Crippen molar-refractivity contribution in [2.45, 2.75) is 0 Å². The Hall–Kier alpha value is -2.59. The lowest BCUT2D eigenvalue weighted by molar-refractivity contribution is 0.0515. The van der Waals surface area contributed by atoms with Crippen LogP contribution in [-0.4, -0.2) is 18.5 Å². The van der Waals surface area contributed by atoms with Gasteiger partial charge in [0.15, 0.2) is 6.79 Å². The summed E-state index contributed by atoms with van der Waals surface area (Å²) in [5.74, 6) is 0.689. The van der Waals surface area contributed by atoms with Crippen LogP contribution in [0.25, 0.3) is 22.0 Å². The van der Waals surface area contributed by atoms with Gasteiger partial charge in [-0.05, 0) is 29.7 Å². The number of para-hydroxylation sites is 1. The predicted octanol–water partition coefficient (Wildman–Crippen LogP) is 3.19. The summed E-state index contributed by atoms with van der Waals surface area (Å²) < 4.78 is 12.2. The van der Waals surface area contributed by atoms with Gasteiger partial charge in [0.25, 0.3) is 5.56 Å². The number of benzene rings is 2. The Bertz CT molecular complexity index is 868. The molecule has 0 spiro atoms. The van der Waals surface area contributed by atoms with Gasteiger partial charge in [-0.1, -0.05) is 30.3 Å². The van der Waals surface area contributed by atoms with Crippen molar-refractivity contribution in [1.29, 1.82) is 0 Å². The summed E-state index contributed by atoms with van der Waals surface area (Å²) >= 11 is 0. The third kappa shape index (κ3) is 2.49. The monoisotopic (exact) mass is 295 g/mol. The molecule has 112 valence electrons. The van der Waals surface area contributed by atoms with Gasteiger partial charge >= 0.3 is 0 Å². The summed E-state index contributed by atoms with van der Waals surface area (Å²) in [4.78, 5) is 12.5. The lowest BCUT2D eigenvalue weighted by Crippen LogP contribution is -2.18. The third-order valence-electron chi connectivity index (χ3n) is 3.64. The standard InChI is InChI=1S/C18H17NO3/c1-19-16(11-13-7-3-4-8-14(13)18(19)20)15-9-5-6-10-17(15)22-12-21-2/h3-11H,12H2,1-2H3. The summed E-state index contributed by atoms with van der Waals surface area (Å²) in [5.41, 5.74) is 1.66. The largest absolute Gasteiger partial charge is 0.467 e. The summed E-state index contributed by atoms with van der Waals surface area (Å²) in [7, 11) is 3.35. The highest BCUT2D eigenvalue weighted by molar-refractivity contribution is 5.86. The van der Waals surface area contributed by atoms with Gasteiger partial charge in [-0.3, -0.25) is 4.79 Å². The molecule has 1 aromatic heterocycles. The van der Waals surface area contributed by atoms with Gasteiger partial charge in [0.1, 0.15) is 5.75 Å². The Morgan fingerprint density at radius 2 is 1.77 bits per heavy atom. The second kappa shape index (κ2) is 6.03. The fourth-order valence-corrected chi connectivity index (χ4v) is 2.54. The number of hydrogen-bond acceptors (Lipinski definition) is 3. The normalized spacial score (nSPS) is 10.8. The van der Waals surface area contributed by atoms with E-state index in [1.54, 1.807) is 18.7 Å². The molecule has 0 unspecified atom stereocenters. The number of ether oxygens (including phenoxy) is 2. The molecule has 0 saturated carbocycles. The Balaban J connectivity index is 2.23. The molecule has 4 nitrogen and oxygen atoms in total. The molecule has 3 aromatic rings. The lowest BCUT2D eigenvalue weighted by atomic mass is 10.1. The van der Waals surface area contributed by atoms with Crippen molar-refractivity contribution in [2.75, 3.05) is 13.9 Å². The molecule has 2 aromatic carbocycles. The first-order valence-corrected chi connectivity index (χ1v) is 7.02. The molecule has 0 fully saturated rings. The van der Waals surface area contributed by atoms with Crippen LogP contribution >= 0.6 is 0 Å². The Morgan fingerprint density at radius 3 is 2.59 bits per heavy atom. The molecule has 1 heterocycles. The molecule has 0 amide bonds. The van der Waals surface area contributed by atoms with Crippen LogP contribution in [0.2, 0.25) is 0 Å². The summed E-state index contributed by atoms with van der Waals surface area (Å²) in [6, 6.07) is 17.2. The van der Waals surface area contributed by atoms with Gasteiger partial charge in [0.2, 0.25) is 0 Å². The van der Waals surface area contributed by atoms with Crippen molar-refractivity contribution >= 4 is 10.8 Å². The number of hydrogen-bond donors (Lipinski definition) is 0. The van der Waals surface area contributed by atoms with Crippen molar-refractivity contribution in [3.63, 3.8) is 0 Å². The van der Waals surface area contributed by atoms with Gasteiger partial charge in [-0.15, -0.1) is 0 Å². The summed E-state index contributed by atoms with van der Waals surface area (Å²) in [6.07, 6.45) is 0. The van der Waals surface area contributed by atoms with Crippen LogP contribution in [0.5, 0.6) is 5.75 Å². The van der Waals surface area contributed by atoms with E-state index in [0.29, 0.717) is 11.1 Å². The second-order valence-corrected chi connectivity index (χ2v) is 5.03. The first-order chi connectivity index (χ1) is 10.7. The van der Waals surface area contributed by atoms with Crippen LogP contribution in [0.3, 0.4) is 0 Å². The molecular weight excluding hydrogens is 278 g/mol. The van der Waals surface area contributed by atoms with Gasteiger partial charge in [0, 0.05) is 25.1 Å². The van der Waals surface area contributed by atoms with Gasteiger partial charge in [-0.25, -0.2) is 0 Å². The van der Waals surface area contributed by atoms with Crippen LogP contribution in [-0.2, 0) is 11.8 Å². The number of fused-ring (bicyclic) bond motifs is 1. The van der Waals surface area contributed by atoms with E-state index < -0.39 is 0 Å². The molecule has 0 aliphatic carbocycles. The lowest BCUT2D eigenvalue weighted by Gasteiger charge is -2.14. The van der Waals surface area contributed by atoms with E-state index in [2.05, 4.69) is 0 Å². The minimum atomic E-state index is -0.0188. The Morgan fingerprint density at radius 1 is 1.05 bits per heavy atom. The maximum Gasteiger partial charge on any atom is 0.258 e. The highest BCUT2D eigenvalue weighted by Gasteiger charge is 2.12. The first kappa shape index (κ1) is 14.4. The first-order valence-electron chi connectivity index (χ1n) is 7.02. The van der Waals surface area contributed by atoms with E-state index in [1.165, 1.54) is 0 Å². The zero-order valence-corrected chi connectivity index (χ0v) is 12.6. The molecule has 4 heteroatoms. The molecule has 22 heavy (non-hydrogen) atoms. The van der Waals surface area contributed by atoms with Gasteiger partial charge < -0.3 is 14.0 Å². The number of methoxy groups -OCH3 is 1. The van der Waals surface area contributed by atoms with Gasteiger partial charge in [0.05, 0.1) is 5.69 Å². The molecule has 0 aliphatic heterocycles. The fraction of sp³-hybridized carbons (Fsp3) is 0.167. The van der Waals surface area contributed by atoms with Crippen LogP contribution in [0.4, 0.5) is 0 Å². The van der Waals surface area contributed by atoms with Crippen LogP contribution in [0, 0.1) is 0 Å². The summed E-state index contributed by atoms with van der Waals surface area (Å²) in [5, 5.41) is 1.63. The van der Waals surface area contributed by atoms with Crippen LogP contribution in [0.1, 0.15) is 0 Å². The van der Waals surface area contributed by atoms with Crippen molar-refractivity contribution in [3.8, 4) is 17.0 Å². The zero-order valence-electron chi connectivity index (χ0n) is 12.6. The highest BCUT2D eigenvalue weighted by Crippen LogP contribution is 2.30. The minimum Gasteiger partial charge on any atom is -0.467 e. The number of rotatable bonds is 4. The molecule has 0 radical (unpaired) electrons. The van der Waals surface area contributed by atoms with Crippen molar-refractivity contribution in [3.05, 3.63) is 65.0 Å². The molecule has 0 N–H and O–H groups in total. The predicted molar refractivity (Wildman–Crippen MR) is 87.1 cm³/mol. The van der Waals surface area contributed by atoms with E-state index >= 15 is 0 Å². The zero-order chi connectivity index (χ0) is 15.5. The minimum absolute atomic E-state index is 0.0188. The molecule has 0 bridgehead atoms. The quantitative estimate of drug-likeness (QED) is 0.694. The van der Waals surface area contributed by atoms with Crippen LogP contribution in [0.15, 0.2) is 59.4 Å². The molecule has 0 saturated heterocycles. The molecule has 0 aliphatic rings. The highest BCUT2D eigenvalue weighted by atomic mass is 16.7. The van der Waals surface area contributed by atoms with E-state index in [0.717, 1.165) is 16.6 Å². The van der Waals surface area contributed by atoms with Crippen LogP contribution < -0.4 is 10.3 Å². The second-order valence-electron chi connectivity index (χ2n) is 5.03. The Labute approximate surface area is 128 Å². The maximum absolute atomic E-state index is 12.5. The van der Waals surface area contributed by atoms with Crippen molar-refractivity contribution in [2.24, 2.45) is 7.05 Å². The van der Waals surface area contributed by atoms with E-state index in [9.17, 15) is 4.79 Å². The van der Waals surface area contributed by atoms with E-state index in [4.69, 9.17) is 9.47 Å². The SMILES string of the molecule is COCOc1ccccc1-c1cc2ccccc2c(=O)n1C. The Kier molecular flexibility index (Phi) is 3.94.